The molecule has 0 bridgehead atoms. The molecule has 1 fully saturated rings. The van der Waals surface area contributed by atoms with E-state index in [9.17, 15) is 19.2 Å². The number of fused-ring (bicyclic) bond motifs is 3. The quantitative estimate of drug-likeness (QED) is 0.601. The Bertz CT molecular complexity index is 1090. The highest BCUT2D eigenvalue weighted by Crippen LogP contribution is 2.44. The van der Waals surface area contributed by atoms with E-state index in [1.165, 1.54) is 9.80 Å². The molecule has 0 radical (unpaired) electrons. The number of carboxylic acid groups (broad SMARTS) is 1. The van der Waals surface area contributed by atoms with E-state index in [2.05, 4.69) is 17.4 Å². The van der Waals surface area contributed by atoms with Crippen LogP contribution in [-0.4, -0.2) is 77.6 Å². The van der Waals surface area contributed by atoms with Crippen molar-refractivity contribution in [2.75, 3.05) is 32.8 Å². The van der Waals surface area contributed by atoms with E-state index >= 15 is 0 Å². The van der Waals surface area contributed by atoms with E-state index in [1.807, 2.05) is 43.3 Å². The molecule has 2 aliphatic rings. The second-order valence-corrected chi connectivity index (χ2v) is 8.80. The molecule has 0 unspecified atom stereocenters. The monoisotopic (exact) mass is 479 g/mol. The highest BCUT2D eigenvalue weighted by atomic mass is 16.5. The topological polar surface area (TPSA) is 116 Å². The fourth-order valence-electron chi connectivity index (χ4n) is 4.70. The highest BCUT2D eigenvalue weighted by molar-refractivity contribution is 5.88. The molecule has 9 heteroatoms. The van der Waals surface area contributed by atoms with Gasteiger partial charge in [-0.05, 0) is 28.7 Å². The number of benzene rings is 2. The maximum atomic E-state index is 12.7. The summed E-state index contributed by atoms with van der Waals surface area (Å²) in [4.78, 5) is 50.9. The van der Waals surface area contributed by atoms with Gasteiger partial charge in [0.25, 0.3) is 0 Å². The van der Waals surface area contributed by atoms with Gasteiger partial charge in [-0.2, -0.15) is 0 Å². The molecule has 9 nitrogen and oxygen atoms in total. The molecule has 184 valence electrons. The molecule has 0 aromatic heterocycles. The van der Waals surface area contributed by atoms with Crippen LogP contribution in [0.2, 0.25) is 0 Å². The molecule has 2 aromatic carbocycles. The third-order valence-electron chi connectivity index (χ3n) is 6.58. The minimum atomic E-state index is -1.09. The van der Waals surface area contributed by atoms with Gasteiger partial charge in [-0.15, -0.1) is 0 Å². The Labute approximate surface area is 203 Å². The number of aliphatic carboxylic acids is 1. The van der Waals surface area contributed by atoms with E-state index < -0.39 is 24.0 Å². The summed E-state index contributed by atoms with van der Waals surface area (Å²) < 4.78 is 5.58. The predicted molar refractivity (Wildman–Crippen MR) is 128 cm³/mol. The molecule has 0 saturated carbocycles. The zero-order valence-corrected chi connectivity index (χ0v) is 19.6. The Kier molecular flexibility index (Phi) is 7.33. The molecular weight excluding hydrogens is 450 g/mol. The number of amides is 3. The number of carbonyl (C=O) groups excluding carboxylic acids is 3. The second-order valence-electron chi connectivity index (χ2n) is 8.80. The van der Waals surface area contributed by atoms with Gasteiger partial charge in [0.1, 0.15) is 13.2 Å². The number of ether oxygens (including phenoxy) is 1. The lowest BCUT2D eigenvalue weighted by Crippen LogP contribution is -2.54. The number of nitrogens with one attached hydrogen (secondary N) is 1. The van der Waals surface area contributed by atoms with Crippen molar-refractivity contribution in [3.05, 3.63) is 59.7 Å². The molecule has 1 aliphatic carbocycles. The second kappa shape index (κ2) is 10.6. The van der Waals surface area contributed by atoms with Gasteiger partial charge in [0.2, 0.25) is 11.8 Å². The van der Waals surface area contributed by atoms with Crippen LogP contribution in [0.1, 0.15) is 36.8 Å². The number of carbonyl (C=O) groups is 4. The molecule has 1 saturated heterocycles. The van der Waals surface area contributed by atoms with Gasteiger partial charge in [0, 0.05) is 31.5 Å². The summed E-state index contributed by atoms with van der Waals surface area (Å²) in [5.74, 6) is -1.80. The Balaban J connectivity index is 1.30. The van der Waals surface area contributed by atoms with Crippen LogP contribution in [0.5, 0.6) is 0 Å². The smallest absolute Gasteiger partial charge is 0.407 e. The van der Waals surface area contributed by atoms with Crippen LogP contribution in [0.3, 0.4) is 0 Å². The molecule has 4 rings (SSSR count). The lowest BCUT2D eigenvalue weighted by atomic mass is 9.98. The van der Waals surface area contributed by atoms with Gasteiger partial charge < -0.3 is 25.0 Å². The molecule has 1 aliphatic heterocycles. The Morgan fingerprint density at radius 2 is 1.69 bits per heavy atom. The average Bonchev–Trinajstić information content (AvgIpc) is 3.17. The van der Waals surface area contributed by atoms with Crippen LogP contribution in [0.4, 0.5) is 4.79 Å². The van der Waals surface area contributed by atoms with Crippen molar-refractivity contribution >= 4 is 23.9 Å². The molecule has 2 aromatic rings. The average molecular weight is 480 g/mol. The molecule has 1 heterocycles. The van der Waals surface area contributed by atoms with E-state index in [1.54, 1.807) is 0 Å². The normalized spacial score (nSPS) is 15.9. The minimum absolute atomic E-state index is 0.0346. The largest absolute Gasteiger partial charge is 0.480 e. The van der Waals surface area contributed by atoms with Gasteiger partial charge in [0.15, 0.2) is 0 Å². The van der Waals surface area contributed by atoms with Crippen molar-refractivity contribution in [3.8, 4) is 11.1 Å². The maximum Gasteiger partial charge on any atom is 0.407 e. The lowest BCUT2D eigenvalue weighted by molar-refractivity contribution is -0.150. The Morgan fingerprint density at radius 1 is 1.06 bits per heavy atom. The maximum absolute atomic E-state index is 12.7. The number of hydrogen-bond donors (Lipinski definition) is 2. The number of rotatable bonds is 8. The highest BCUT2D eigenvalue weighted by Gasteiger charge is 2.31. The molecule has 1 atom stereocenters. The summed E-state index contributed by atoms with van der Waals surface area (Å²) in [6, 6.07) is 15.7. The van der Waals surface area contributed by atoms with E-state index in [-0.39, 0.29) is 51.0 Å². The van der Waals surface area contributed by atoms with E-state index in [0.717, 1.165) is 22.3 Å². The third kappa shape index (κ3) is 5.45. The first-order valence-electron chi connectivity index (χ1n) is 11.8. The van der Waals surface area contributed by atoms with Crippen molar-refractivity contribution in [2.24, 2.45) is 0 Å². The van der Waals surface area contributed by atoms with Gasteiger partial charge in [0.05, 0.1) is 6.54 Å². The third-order valence-corrected chi connectivity index (χ3v) is 6.58. The van der Waals surface area contributed by atoms with Gasteiger partial charge in [-0.25, -0.2) is 4.79 Å². The van der Waals surface area contributed by atoms with Gasteiger partial charge in [-0.1, -0.05) is 55.5 Å². The first-order valence-corrected chi connectivity index (χ1v) is 11.8. The van der Waals surface area contributed by atoms with Crippen LogP contribution >= 0.6 is 0 Å². The zero-order valence-electron chi connectivity index (χ0n) is 19.6. The van der Waals surface area contributed by atoms with Crippen molar-refractivity contribution < 1.29 is 29.0 Å². The zero-order chi connectivity index (χ0) is 24.9. The number of alkyl carbamates (subject to hydrolysis) is 1. The van der Waals surface area contributed by atoms with Gasteiger partial charge in [-0.3, -0.25) is 14.4 Å². The van der Waals surface area contributed by atoms with E-state index in [4.69, 9.17) is 9.84 Å². The van der Waals surface area contributed by atoms with Crippen molar-refractivity contribution in [1.29, 1.82) is 0 Å². The summed E-state index contributed by atoms with van der Waals surface area (Å²) in [6.45, 7) is 1.95. The first-order chi connectivity index (χ1) is 16.9. The van der Waals surface area contributed by atoms with Gasteiger partial charge >= 0.3 is 12.1 Å². The number of carboxylic acids is 1. The van der Waals surface area contributed by atoms with Crippen molar-refractivity contribution in [3.63, 3.8) is 0 Å². The number of hydrogen-bond acceptors (Lipinski definition) is 5. The van der Waals surface area contributed by atoms with Crippen molar-refractivity contribution in [2.45, 2.75) is 31.7 Å². The lowest BCUT2D eigenvalue weighted by Gasteiger charge is -2.34. The summed E-state index contributed by atoms with van der Waals surface area (Å²) in [5.41, 5.74) is 4.53. The van der Waals surface area contributed by atoms with Crippen molar-refractivity contribution in [1.82, 2.24) is 15.1 Å². The first kappa shape index (κ1) is 24.3. The van der Waals surface area contributed by atoms with Crippen LogP contribution in [0.15, 0.2) is 48.5 Å². The van der Waals surface area contributed by atoms with Crippen LogP contribution in [-0.2, 0) is 19.1 Å². The number of nitrogens with zero attached hydrogens (tertiary/aromatic N) is 2. The summed E-state index contributed by atoms with van der Waals surface area (Å²) in [5, 5.41) is 11.6. The fraction of sp³-hybridized carbons (Fsp3) is 0.385. The SMILES string of the molecule is CC[C@@H](CC(=O)N1CCN(CC(=O)O)C(=O)C1)NC(=O)OCC1c2ccccc2-c2ccccc21. The summed E-state index contributed by atoms with van der Waals surface area (Å²) in [6.07, 6.45) is -0.0377. The predicted octanol–water partition coefficient (Wildman–Crippen LogP) is 2.45. The summed E-state index contributed by atoms with van der Waals surface area (Å²) >= 11 is 0. The molecule has 2 N–H and O–H groups in total. The Morgan fingerprint density at radius 3 is 2.26 bits per heavy atom. The van der Waals surface area contributed by atoms with Crippen LogP contribution in [0.25, 0.3) is 11.1 Å². The Hall–Kier alpha value is -3.88. The fourth-order valence-corrected chi connectivity index (χ4v) is 4.70. The minimum Gasteiger partial charge on any atom is -0.480 e. The molecule has 0 spiro atoms. The van der Waals surface area contributed by atoms with Crippen LogP contribution in [0, 0.1) is 0 Å². The summed E-state index contributed by atoms with van der Waals surface area (Å²) in [7, 11) is 0. The number of piperazine rings is 1. The molecule has 3 amide bonds. The van der Waals surface area contributed by atoms with Crippen LogP contribution < -0.4 is 5.32 Å². The van der Waals surface area contributed by atoms with E-state index in [0.29, 0.717) is 6.42 Å². The standard InChI is InChI=1S/C26H29N3O6/c1-2-17(13-23(30)28-11-12-29(15-25(32)33)24(31)14-28)27-26(34)35-16-22-20-9-5-3-7-18(20)19-8-4-6-10-21(19)22/h3-10,17,22H,2,11-16H2,1H3,(H,27,34)(H,32,33)/t17-/m0/s1. The molecule has 35 heavy (non-hydrogen) atoms. The molecular formula is C26H29N3O6.